The minimum absolute atomic E-state index is 0.447. The average molecular weight is 270 g/mol. The molecular formula is C15H18N4O. The Hall–Kier alpha value is -2.56. The van der Waals surface area contributed by atoms with Gasteiger partial charge in [-0.15, -0.1) is 0 Å². The number of pyridine rings is 1. The van der Waals surface area contributed by atoms with Crippen LogP contribution in [0.4, 0.5) is 11.5 Å². The molecule has 0 saturated heterocycles. The van der Waals surface area contributed by atoms with E-state index in [2.05, 4.69) is 10.3 Å². The molecule has 0 spiro atoms. The highest BCUT2D eigenvalue weighted by molar-refractivity contribution is 5.93. The third-order valence-corrected chi connectivity index (χ3v) is 2.94. The van der Waals surface area contributed by atoms with Crippen LogP contribution in [0.5, 0.6) is 0 Å². The first-order chi connectivity index (χ1) is 9.54. The molecule has 0 atom stereocenters. The molecule has 1 aromatic carbocycles. The van der Waals surface area contributed by atoms with Crippen molar-refractivity contribution in [2.24, 2.45) is 5.73 Å². The summed E-state index contributed by atoms with van der Waals surface area (Å²) in [5.74, 6) is 0.214. The van der Waals surface area contributed by atoms with Gasteiger partial charge in [0.15, 0.2) is 0 Å². The Bertz CT molecular complexity index is 608. The summed E-state index contributed by atoms with van der Waals surface area (Å²) in [6.45, 7) is 2.55. The van der Waals surface area contributed by atoms with Crippen LogP contribution >= 0.6 is 0 Å². The number of rotatable bonds is 5. The van der Waals surface area contributed by atoms with Gasteiger partial charge < -0.3 is 16.8 Å². The summed E-state index contributed by atoms with van der Waals surface area (Å²) in [5, 5.41) is 3.19. The average Bonchev–Trinajstić information content (AvgIpc) is 2.40. The number of hydrogen-bond acceptors (Lipinski definition) is 4. The molecule has 0 aliphatic rings. The van der Waals surface area contributed by atoms with Gasteiger partial charge in [0, 0.05) is 23.5 Å². The normalized spacial score (nSPS) is 10.2. The maximum Gasteiger partial charge on any atom is 0.248 e. The number of aromatic nitrogens is 1. The van der Waals surface area contributed by atoms with Gasteiger partial charge in [0.2, 0.25) is 5.91 Å². The Balaban J connectivity index is 1.97. The van der Waals surface area contributed by atoms with Gasteiger partial charge in [0.1, 0.15) is 5.82 Å². The van der Waals surface area contributed by atoms with Crippen LogP contribution in [-0.4, -0.2) is 17.4 Å². The second kappa shape index (κ2) is 6.06. The molecule has 0 saturated carbocycles. The number of nitrogens with two attached hydrogens (primary N) is 2. The molecule has 2 rings (SSSR count). The van der Waals surface area contributed by atoms with Gasteiger partial charge in [0.25, 0.3) is 0 Å². The van der Waals surface area contributed by atoms with Crippen molar-refractivity contribution in [3.63, 3.8) is 0 Å². The van der Waals surface area contributed by atoms with Crippen molar-refractivity contribution in [1.29, 1.82) is 0 Å². The van der Waals surface area contributed by atoms with E-state index in [1.165, 1.54) is 5.56 Å². The lowest BCUT2D eigenvalue weighted by molar-refractivity contribution is 0.1000. The van der Waals surface area contributed by atoms with E-state index >= 15 is 0 Å². The second-order valence-electron chi connectivity index (χ2n) is 4.67. The zero-order chi connectivity index (χ0) is 14.5. The third-order valence-electron chi connectivity index (χ3n) is 2.94. The highest BCUT2D eigenvalue weighted by Crippen LogP contribution is 2.11. The molecule has 0 unspecified atom stereocenters. The van der Waals surface area contributed by atoms with Crippen LogP contribution in [0.1, 0.15) is 21.6 Å². The number of nitrogens with zero attached hydrogens (tertiary/aromatic N) is 1. The number of anilines is 2. The zero-order valence-corrected chi connectivity index (χ0v) is 11.4. The van der Waals surface area contributed by atoms with Gasteiger partial charge in [-0.25, -0.2) is 4.98 Å². The number of carbonyl (C=O) groups is 1. The molecule has 0 aliphatic heterocycles. The first-order valence-corrected chi connectivity index (χ1v) is 6.41. The van der Waals surface area contributed by atoms with Gasteiger partial charge >= 0.3 is 0 Å². The van der Waals surface area contributed by atoms with Crippen molar-refractivity contribution in [2.75, 3.05) is 17.6 Å². The van der Waals surface area contributed by atoms with Gasteiger partial charge in [0.05, 0.1) is 0 Å². The van der Waals surface area contributed by atoms with Crippen LogP contribution in [0.2, 0.25) is 0 Å². The highest BCUT2D eigenvalue weighted by atomic mass is 16.1. The van der Waals surface area contributed by atoms with Crippen molar-refractivity contribution in [2.45, 2.75) is 13.3 Å². The van der Waals surface area contributed by atoms with Crippen LogP contribution < -0.4 is 16.8 Å². The van der Waals surface area contributed by atoms with E-state index in [0.29, 0.717) is 11.4 Å². The summed E-state index contributed by atoms with van der Waals surface area (Å²) in [7, 11) is 0. The van der Waals surface area contributed by atoms with Crippen molar-refractivity contribution >= 4 is 17.4 Å². The Morgan fingerprint density at radius 2 is 1.95 bits per heavy atom. The lowest BCUT2D eigenvalue weighted by Gasteiger charge is -2.08. The Morgan fingerprint density at radius 1 is 1.25 bits per heavy atom. The summed E-state index contributed by atoms with van der Waals surface area (Å²) in [6, 6.07) is 11.1. The van der Waals surface area contributed by atoms with E-state index in [1.54, 1.807) is 12.1 Å². The molecule has 5 heteroatoms. The first kappa shape index (κ1) is 13.9. The topological polar surface area (TPSA) is 94.0 Å². The quantitative estimate of drug-likeness (QED) is 0.721. The van der Waals surface area contributed by atoms with E-state index in [-0.39, 0.29) is 0 Å². The van der Waals surface area contributed by atoms with E-state index < -0.39 is 5.91 Å². The number of hydrogen-bond donors (Lipinski definition) is 3. The smallest absolute Gasteiger partial charge is 0.248 e. The maximum absolute atomic E-state index is 11.2. The van der Waals surface area contributed by atoms with Crippen LogP contribution in [0.3, 0.4) is 0 Å². The monoisotopic (exact) mass is 270 g/mol. The molecule has 0 radical (unpaired) electrons. The molecule has 5 N–H and O–H groups in total. The van der Waals surface area contributed by atoms with Crippen molar-refractivity contribution < 1.29 is 4.79 Å². The van der Waals surface area contributed by atoms with Crippen molar-refractivity contribution in [3.8, 4) is 0 Å². The van der Waals surface area contributed by atoms with Gasteiger partial charge in [-0.1, -0.05) is 12.1 Å². The van der Waals surface area contributed by atoms with Crippen LogP contribution in [0.25, 0.3) is 0 Å². The molecule has 104 valence electrons. The largest absolute Gasteiger partial charge is 0.399 e. The minimum atomic E-state index is -0.447. The summed E-state index contributed by atoms with van der Waals surface area (Å²) in [4.78, 5) is 15.5. The molecule has 20 heavy (non-hydrogen) atoms. The molecule has 0 bridgehead atoms. The summed E-state index contributed by atoms with van der Waals surface area (Å²) < 4.78 is 0. The molecule has 2 aromatic rings. The summed E-state index contributed by atoms with van der Waals surface area (Å²) >= 11 is 0. The third kappa shape index (κ3) is 3.71. The minimum Gasteiger partial charge on any atom is -0.399 e. The Morgan fingerprint density at radius 3 is 2.60 bits per heavy atom. The molecule has 1 aromatic heterocycles. The summed E-state index contributed by atoms with van der Waals surface area (Å²) in [5.41, 5.74) is 14.1. The van der Waals surface area contributed by atoms with E-state index in [1.807, 2.05) is 31.2 Å². The summed E-state index contributed by atoms with van der Waals surface area (Å²) in [6.07, 6.45) is 0.849. The molecule has 1 amide bonds. The lowest BCUT2D eigenvalue weighted by atomic mass is 10.1. The van der Waals surface area contributed by atoms with Gasteiger partial charge in [-0.3, -0.25) is 4.79 Å². The number of aryl methyl sites for hydroxylation is 1. The van der Waals surface area contributed by atoms with Crippen LogP contribution in [0.15, 0.2) is 36.4 Å². The molecule has 0 fully saturated rings. The highest BCUT2D eigenvalue weighted by Gasteiger charge is 2.04. The fraction of sp³-hybridized carbons (Fsp3) is 0.200. The van der Waals surface area contributed by atoms with E-state index in [0.717, 1.165) is 24.3 Å². The lowest BCUT2D eigenvalue weighted by Crippen LogP contribution is -2.13. The number of amides is 1. The SMILES string of the molecule is Cc1cc(C(N)=O)cc(NCCc2ccc(N)cc2)n1. The van der Waals surface area contributed by atoms with Crippen LogP contribution in [-0.2, 0) is 6.42 Å². The predicted molar refractivity (Wildman–Crippen MR) is 80.5 cm³/mol. The Kier molecular flexibility index (Phi) is 4.20. The number of nitrogens with one attached hydrogen (secondary N) is 1. The van der Waals surface area contributed by atoms with Gasteiger partial charge in [-0.05, 0) is 43.2 Å². The maximum atomic E-state index is 11.2. The number of benzene rings is 1. The predicted octanol–water partition coefficient (Wildman–Crippen LogP) is 1.73. The standard InChI is InChI=1S/C15H18N4O/c1-10-8-12(15(17)20)9-14(19-10)18-7-6-11-2-4-13(16)5-3-11/h2-5,8-9H,6-7,16H2,1H3,(H2,17,20)(H,18,19). The zero-order valence-electron chi connectivity index (χ0n) is 11.4. The van der Waals surface area contributed by atoms with Gasteiger partial charge in [-0.2, -0.15) is 0 Å². The fourth-order valence-electron chi connectivity index (χ4n) is 1.92. The van der Waals surface area contributed by atoms with Crippen molar-refractivity contribution in [1.82, 2.24) is 4.98 Å². The Labute approximate surface area is 118 Å². The van der Waals surface area contributed by atoms with E-state index in [4.69, 9.17) is 11.5 Å². The molecular weight excluding hydrogens is 252 g/mol. The number of carbonyl (C=O) groups excluding carboxylic acids is 1. The second-order valence-corrected chi connectivity index (χ2v) is 4.67. The van der Waals surface area contributed by atoms with Crippen LogP contribution in [0, 0.1) is 6.92 Å². The molecule has 0 aliphatic carbocycles. The first-order valence-electron chi connectivity index (χ1n) is 6.41. The van der Waals surface area contributed by atoms with Crippen molar-refractivity contribution in [3.05, 3.63) is 53.2 Å². The number of primary amides is 1. The number of nitrogen functional groups attached to an aromatic ring is 1. The van der Waals surface area contributed by atoms with E-state index in [9.17, 15) is 4.79 Å². The molecule has 5 nitrogen and oxygen atoms in total. The molecule has 1 heterocycles. The fourth-order valence-corrected chi connectivity index (χ4v) is 1.92.